The van der Waals surface area contributed by atoms with Crippen molar-refractivity contribution in [1.29, 1.82) is 5.26 Å². The minimum absolute atomic E-state index is 0.155. The van der Waals surface area contributed by atoms with Crippen LogP contribution in [0.1, 0.15) is 72.7 Å². The number of halogens is 2. The highest BCUT2D eigenvalue weighted by Crippen LogP contribution is 2.47. The van der Waals surface area contributed by atoms with E-state index in [1.807, 2.05) is 13.8 Å². The number of aliphatic hydroxyl groups is 1. The fourth-order valence-corrected chi connectivity index (χ4v) is 6.05. The van der Waals surface area contributed by atoms with Gasteiger partial charge in [0.1, 0.15) is 22.4 Å². The normalized spacial score (nSPS) is 15.7. The molecule has 200 valence electrons. The molecule has 3 N–H and O–H groups in total. The number of nitrogens with two attached hydrogens (primary N) is 1. The Kier molecular flexibility index (Phi) is 8.41. The molecule has 0 amide bonds. The molecule has 1 fully saturated rings. The van der Waals surface area contributed by atoms with Crippen molar-refractivity contribution in [3.8, 4) is 6.07 Å². The first kappa shape index (κ1) is 27.6. The van der Waals surface area contributed by atoms with Crippen molar-refractivity contribution in [2.75, 3.05) is 30.8 Å². The van der Waals surface area contributed by atoms with E-state index < -0.39 is 11.6 Å². The number of nitrogen functional groups attached to an aromatic ring is 1. The van der Waals surface area contributed by atoms with Crippen LogP contribution in [0.4, 0.5) is 19.7 Å². The number of ether oxygens (including phenoxy) is 1. The average Bonchev–Trinajstić information content (AvgIpc) is 3.71. The Bertz CT molecular complexity index is 1480. The molecule has 2 aromatic heterocycles. The maximum Gasteiger partial charge on any atom is 0.225 e. The first-order valence-electron chi connectivity index (χ1n) is 12.5. The fraction of sp³-hybridized carbons (Fsp3) is 0.393. The average molecular weight is 540 g/mol. The highest BCUT2D eigenvalue weighted by atomic mass is 32.1. The van der Waals surface area contributed by atoms with Crippen LogP contribution in [-0.2, 0) is 18.0 Å². The Morgan fingerprint density at radius 1 is 1.26 bits per heavy atom. The van der Waals surface area contributed by atoms with E-state index in [4.69, 9.17) is 15.6 Å². The van der Waals surface area contributed by atoms with Gasteiger partial charge in [-0.2, -0.15) is 5.26 Å². The zero-order valence-electron chi connectivity index (χ0n) is 22.0. The summed E-state index contributed by atoms with van der Waals surface area (Å²) >= 11 is 1.00. The molecule has 3 aromatic rings. The summed E-state index contributed by atoms with van der Waals surface area (Å²) in [6.45, 7) is 7.58. The quantitative estimate of drug-likeness (QED) is 0.404. The number of hydrogen-bond donors (Lipinski definition) is 2. The number of thiophene rings is 1. The van der Waals surface area contributed by atoms with Crippen molar-refractivity contribution in [2.45, 2.75) is 53.2 Å². The van der Waals surface area contributed by atoms with Crippen LogP contribution in [0.3, 0.4) is 0 Å². The molecule has 10 heteroatoms. The zero-order valence-corrected chi connectivity index (χ0v) is 22.8. The van der Waals surface area contributed by atoms with Crippen molar-refractivity contribution < 1.29 is 18.6 Å². The maximum atomic E-state index is 16.7. The van der Waals surface area contributed by atoms with Crippen molar-refractivity contribution in [2.24, 2.45) is 0 Å². The first-order valence-corrected chi connectivity index (χ1v) is 13.3. The largest absolute Gasteiger partial charge is 0.400 e. The number of aliphatic hydroxyl groups excluding tert-OH is 1. The topological polar surface area (TPSA) is 108 Å². The van der Waals surface area contributed by atoms with E-state index in [1.165, 1.54) is 6.08 Å². The molecule has 0 atom stereocenters. The number of rotatable bonds is 5. The standard InChI is InChI=1S/C27H27F2N5OS.CH4O/c1-4-14(3)20(22-15(10-30)26(31)36-25(22)19(28)5-2)21-18-13-35-12-17(18)16-11-32-27(33-24(16)23(21)29)34-8-6-7-9-34;1-2/h5,11H,4,6-9,12-13,31H2,1-3H3;2H,1H3/b19-5+,20-14?;. The molecule has 0 bridgehead atoms. The molecule has 0 unspecified atom stereocenters. The van der Waals surface area contributed by atoms with E-state index in [2.05, 4.69) is 20.9 Å². The summed E-state index contributed by atoms with van der Waals surface area (Å²) in [5.74, 6) is -0.516. The summed E-state index contributed by atoms with van der Waals surface area (Å²) in [6, 6.07) is 2.13. The van der Waals surface area contributed by atoms with E-state index in [9.17, 15) is 5.26 Å². The molecular formula is C28H31F2N5O2S. The van der Waals surface area contributed by atoms with Gasteiger partial charge in [-0.1, -0.05) is 18.6 Å². The first-order chi connectivity index (χ1) is 18.4. The van der Waals surface area contributed by atoms with Crippen molar-refractivity contribution >= 4 is 44.6 Å². The molecule has 1 aromatic carbocycles. The summed E-state index contributed by atoms with van der Waals surface area (Å²) in [7, 11) is 1.00. The molecule has 0 aliphatic carbocycles. The SMILES string of the molecule is C/C=C(/F)c1sc(N)c(C#N)c1C(=C(C)CC)c1c2c(c3cnc(N4CCCC4)nc3c1F)COC2.CO. The molecule has 0 spiro atoms. The van der Waals surface area contributed by atoms with Gasteiger partial charge in [-0.15, -0.1) is 11.3 Å². The number of aromatic nitrogens is 2. The number of fused-ring (bicyclic) bond motifs is 3. The summed E-state index contributed by atoms with van der Waals surface area (Å²) in [4.78, 5) is 11.5. The highest BCUT2D eigenvalue weighted by Gasteiger charge is 2.32. The Balaban J connectivity index is 0.00000164. The van der Waals surface area contributed by atoms with Gasteiger partial charge in [-0.05, 0) is 49.8 Å². The Labute approximate surface area is 224 Å². The molecule has 4 heterocycles. The van der Waals surface area contributed by atoms with Gasteiger partial charge in [0.05, 0.1) is 23.7 Å². The Hall–Kier alpha value is -3.39. The summed E-state index contributed by atoms with van der Waals surface area (Å²) < 4.78 is 37.5. The number of hydrogen-bond acceptors (Lipinski definition) is 8. The molecule has 38 heavy (non-hydrogen) atoms. The van der Waals surface area contributed by atoms with Gasteiger partial charge >= 0.3 is 0 Å². The van der Waals surface area contributed by atoms with Crippen LogP contribution in [0.25, 0.3) is 22.3 Å². The lowest BCUT2D eigenvalue weighted by Crippen LogP contribution is -2.20. The molecule has 1 saturated heterocycles. The monoisotopic (exact) mass is 539 g/mol. The minimum atomic E-state index is -0.514. The number of nitrogens with zero attached hydrogens (tertiary/aromatic N) is 4. The van der Waals surface area contributed by atoms with Crippen LogP contribution in [0.15, 0.2) is 17.8 Å². The molecule has 7 nitrogen and oxygen atoms in total. The zero-order chi connectivity index (χ0) is 27.6. The van der Waals surface area contributed by atoms with E-state index in [0.29, 0.717) is 46.6 Å². The van der Waals surface area contributed by atoms with Gasteiger partial charge in [0.2, 0.25) is 5.95 Å². The Morgan fingerprint density at radius 2 is 1.95 bits per heavy atom. The Morgan fingerprint density at radius 3 is 2.58 bits per heavy atom. The third-order valence-corrected chi connectivity index (χ3v) is 8.08. The summed E-state index contributed by atoms with van der Waals surface area (Å²) in [5, 5.41) is 17.8. The second-order valence-electron chi connectivity index (χ2n) is 9.07. The molecule has 0 radical (unpaired) electrons. The van der Waals surface area contributed by atoms with Crippen LogP contribution in [0.2, 0.25) is 0 Å². The van der Waals surface area contributed by atoms with E-state index in [-0.39, 0.29) is 27.6 Å². The lowest BCUT2D eigenvalue weighted by atomic mass is 9.85. The van der Waals surface area contributed by atoms with Gasteiger partial charge in [-0.3, -0.25) is 0 Å². The molecule has 2 aliphatic rings. The van der Waals surface area contributed by atoms with Crippen molar-refractivity contribution in [3.63, 3.8) is 0 Å². The van der Waals surface area contributed by atoms with Crippen molar-refractivity contribution in [3.05, 3.63) is 56.4 Å². The number of anilines is 2. The number of allylic oxidation sites excluding steroid dienone is 2. The fourth-order valence-electron chi connectivity index (χ4n) is 5.06. The summed E-state index contributed by atoms with van der Waals surface area (Å²) in [5.41, 5.74) is 9.97. The lowest BCUT2D eigenvalue weighted by Gasteiger charge is -2.20. The lowest BCUT2D eigenvalue weighted by molar-refractivity contribution is 0.134. The maximum absolute atomic E-state index is 16.7. The predicted octanol–water partition coefficient (Wildman–Crippen LogP) is 6.09. The van der Waals surface area contributed by atoms with E-state index in [1.54, 1.807) is 13.1 Å². The van der Waals surface area contributed by atoms with Gasteiger partial charge in [-0.25, -0.2) is 18.7 Å². The molecule has 0 saturated carbocycles. The van der Waals surface area contributed by atoms with Crippen molar-refractivity contribution in [1.82, 2.24) is 9.97 Å². The second kappa shape index (κ2) is 11.6. The third-order valence-electron chi connectivity index (χ3n) is 7.05. The van der Waals surface area contributed by atoms with E-state index in [0.717, 1.165) is 55.5 Å². The van der Waals surface area contributed by atoms with Crippen LogP contribution in [-0.4, -0.2) is 35.3 Å². The van der Waals surface area contributed by atoms with Crippen LogP contribution in [0, 0.1) is 17.1 Å². The minimum Gasteiger partial charge on any atom is -0.400 e. The second-order valence-corrected chi connectivity index (χ2v) is 10.1. The van der Waals surface area contributed by atoms with Gasteiger partial charge in [0, 0.05) is 42.9 Å². The smallest absolute Gasteiger partial charge is 0.225 e. The van der Waals surface area contributed by atoms with Crippen LogP contribution >= 0.6 is 11.3 Å². The molecule has 5 rings (SSSR count). The number of nitriles is 1. The third kappa shape index (κ3) is 4.55. The predicted molar refractivity (Wildman–Crippen MR) is 148 cm³/mol. The van der Waals surface area contributed by atoms with Gasteiger partial charge < -0.3 is 20.5 Å². The highest BCUT2D eigenvalue weighted by molar-refractivity contribution is 7.17. The van der Waals surface area contributed by atoms with Gasteiger partial charge in [0.15, 0.2) is 5.82 Å². The summed E-state index contributed by atoms with van der Waals surface area (Å²) in [6.07, 6.45) is 5.68. The van der Waals surface area contributed by atoms with Crippen LogP contribution < -0.4 is 10.6 Å². The van der Waals surface area contributed by atoms with E-state index >= 15 is 8.78 Å². The van der Waals surface area contributed by atoms with Gasteiger partial charge in [0.25, 0.3) is 0 Å². The molecule has 2 aliphatic heterocycles. The van der Waals surface area contributed by atoms with Crippen LogP contribution in [0.5, 0.6) is 0 Å². The number of benzene rings is 1. The molecular weight excluding hydrogens is 508 g/mol.